The highest BCUT2D eigenvalue weighted by atomic mass is 16.3. The summed E-state index contributed by atoms with van der Waals surface area (Å²) in [6.45, 7) is 8.88. The van der Waals surface area contributed by atoms with Crippen LogP contribution in [0.5, 0.6) is 0 Å². The van der Waals surface area contributed by atoms with Crippen molar-refractivity contribution >= 4 is 0 Å². The zero-order valence-corrected chi connectivity index (χ0v) is 6.92. The normalized spacial score (nSPS) is 23.5. The minimum atomic E-state index is -0.398. The van der Waals surface area contributed by atoms with Gasteiger partial charge >= 0.3 is 0 Å². The van der Waals surface area contributed by atoms with Gasteiger partial charge in [-0.05, 0) is 13.3 Å². The van der Waals surface area contributed by atoms with Crippen molar-refractivity contribution in [3.63, 3.8) is 0 Å². The first-order valence-electron chi connectivity index (χ1n) is 4.23. The van der Waals surface area contributed by atoms with Crippen molar-refractivity contribution in [3.05, 3.63) is 6.92 Å². The largest absolute Gasteiger partial charge is 0.393 e. The average Bonchev–Trinajstić information content (AvgIpc) is 2.03. The number of aliphatic hydroxyl groups is 1. The van der Waals surface area contributed by atoms with Crippen molar-refractivity contribution < 1.29 is 5.11 Å². The average molecular weight is 157 g/mol. The number of nitrogens with zero attached hydrogens (tertiary/aromatic N) is 1. The molecule has 3 nitrogen and oxygen atoms in total. The summed E-state index contributed by atoms with van der Waals surface area (Å²) < 4.78 is 0. The van der Waals surface area contributed by atoms with E-state index in [4.69, 9.17) is 5.11 Å². The van der Waals surface area contributed by atoms with Gasteiger partial charge in [0.2, 0.25) is 0 Å². The van der Waals surface area contributed by atoms with Crippen LogP contribution >= 0.6 is 0 Å². The molecule has 0 spiro atoms. The van der Waals surface area contributed by atoms with E-state index in [0.717, 1.165) is 39.1 Å². The van der Waals surface area contributed by atoms with Crippen LogP contribution in [0, 0.1) is 6.92 Å². The topological polar surface area (TPSA) is 35.5 Å². The van der Waals surface area contributed by atoms with Gasteiger partial charge in [0.1, 0.15) is 0 Å². The fourth-order valence-electron chi connectivity index (χ4n) is 1.27. The van der Waals surface area contributed by atoms with E-state index in [1.54, 1.807) is 0 Å². The Bertz CT molecular complexity index is 100. The quantitative estimate of drug-likeness (QED) is 0.578. The van der Waals surface area contributed by atoms with Gasteiger partial charge in [-0.1, -0.05) is 0 Å². The molecular weight excluding hydrogens is 140 g/mol. The van der Waals surface area contributed by atoms with E-state index in [1.807, 2.05) is 0 Å². The molecule has 1 fully saturated rings. The molecular formula is C8H17N2O. The lowest BCUT2D eigenvalue weighted by Crippen LogP contribution is -2.44. The third-order valence-corrected chi connectivity index (χ3v) is 1.99. The summed E-state index contributed by atoms with van der Waals surface area (Å²) in [5.41, 5.74) is 0. The van der Waals surface area contributed by atoms with Crippen LogP contribution in [0.4, 0.5) is 0 Å². The molecule has 65 valence electrons. The fraction of sp³-hybridized carbons (Fsp3) is 0.875. The summed E-state index contributed by atoms with van der Waals surface area (Å²) in [6, 6.07) is 0. The molecule has 0 aliphatic carbocycles. The second kappa shape index (κ2) is 4.70. The van der Waals surface area contributed by atoms with Crippen LogP contribution < -0.4 is 5.32 Å². The minimum Gasteiger partial charge on any atom is -0.393 e. The highest BCUT2D eigenvalue weighted by Gasteiger charge is 2.09. The van der Waals surface area contributed by atoms with Crippen LogP contribution in [-0.2, 0) is 0 Å². The first-order valence-corrected chi connectivity index (χ1v) is 4.23. The lowest BCUT2D eigenvalue weighted by Gasteiger charge is -2.27. The Kier molecular flexibility index (Phi) is 3.83. The maximum Gasteiger partial charge on any atom is 0.0553 e. The summed E-state index contributed by atoms with van der Waals surface area (Å²) in [5.74, 6) is 0. The van der Waals surface area contributed by atoms with E-state index in [1.165, 1.54) is 0 Å². The Labute approximate surface area is 68.4 Å². The standard InChI is InChI=1S/C8H17N2O/c1-8(11)2-5-10-6-3-9-4-7-10/h8-9,11H,1-7H2. The zero-order chi connectivity index (χ0) is 8.10. The van der Waals surface area contributed by atoms with Gasteiger partial charge in [0.05, 0.1) is 6.10 Å². The molecule has 0 aromatic rings. The van der Waals surface area contributed by atoms with E-state index in [2.05, 4.69) is 17.1 Å². The predicted molar refractivity (Wildman–Crippen MR) is 45.3 cm³/mol. The van der Waals surface area contributed by atoms with E-state index in [0.29, 0.717) is 0 Å². The molecule has 1 heterocycles. The van der Waals surface area contributed by atoms with E-state index < -0.39 is 6.10 Å². The maximum atomic E-state index is 8.93. The summed E-state index contributed by atoms with van der Waals surface area (Å²) in [4.78, 5) is 2.35. The molecule has 1 radical (unpaired) electrons. The van der Waals surface area contributed by atoms with Crippen LogP contribution in [-0.4, -0.2) is 48.8 Å². The van der Waals surface area contributed by atoms with Crippen molar-refractivity contribution in [2.75, 3.05) is 32.7 Å². The van der Waals surface area contributed by atoms with Crippen LogP contribution in [0.3, 0.4) is 0 Å². The first-order chi connectivity index (χ1) is 5.29. The molecule has 2 N–H and O–H groups in total. The molecule has 0 saturated carbocycles. The number of nitrogens with one attached hydrogen (secondary N) is 1. The lowest BCUT2D eigenvalue weighted by atomic mass is 10.2. The van der Waals surface area contributed by atoms with Gasteiger partial charge in [-0.2, -0.15) is 0 Å². The van der Waals surface area contributed by atoms with Crippen LogP contribution in [0.2, 0.25) is 0 Å². The summed E-state index contributed by atoms with van der Waals surface area (Å²) in [6.07, 6.45) is 0.393. The van der Waals surface area contributed by atoms with Crippen LogP contribution in [0.25, 0.3) is 0 Å². The molecule has 1 aliphatic rings. The second-order valence-electron chi connectivity index (χ2n) is 3.03. The van der Waals surface area contributed by atoms with Gasteiger partial charge in [0.15, 0.2) is 0 Å². The third kappa shape index (κ3) is 3.70. The molecule has 0 aromatic heterocycles. The Balaban J connectivity index is 2.05. The van der Waals surface area contributed by atoms with Crippen molar-refractivity contribution in [1.29, 1.82) is 0 Å². The van der Waals surface area contributed by atoms with Gasteiger partial charge in [-0.25, -0.2) is 0 Å². The van der Waals surface area contributed by atoms with Gasteiger partial charge in [0.25, 0.3) is 0 Å². The highest BCUT2D eigenvalue weighted by molar-refractivity contribution is 4.69. The number of rotatable bonds is 3. The van der Waals surface area contributed by atoms with Gasteiger partial charge in [-0.15, -0.1) is 0 Å². The van der Waals surface area contributed by atoms with Crippen molar-refractivity contribution in [1.82, 2.24) is 10.2 Å². The third-order valence-electron chi connectivity index (χ3n) is 1.99. The maximum absolute atomic E-state index is 8.93. The van der Waals surface area contributed by atoms with Crippen molar-refractivity contribution in [2.24, 2.45) is 0 Å². The molecule has 0 amide bonds. The first kappa shape index (κ1) is 8.97. The molecule has 0 aromatic carbocycles. The molecule has 1 atom stereocenters. The summed E-state index contributed by atoms with van der Waals surface area (Å²) in [5, 5.41) is 12.2. The molecule has 1 rings (SSSR count). The molecule has 1 unspecified atom stereocenters. The molecule has 0 bridgehead atoms. The van der Waals surface area contributed by atoms with Crippen molar-refractivity contribution in [2.45, 2.75) is 12.5 Å². The van der Waals surface area contributed by atoms with Crippen LogP contribution in [0.1, 0.15) is 6.42 Å². The smallest absolute Gasteiger partial charge is 0.0553 e. The van der Waals surface area contributed by atoms with E-state index in [9.17, 15) is 0 Å². The molecule has 3 heteroatoms. The number of hydrogen-bond donors (Lipinski definition) is 2. The SMILES string of the molecule is [CH2]C(O)CCN1CCNCC1. The van der Waals surface area contributed by atoms with E-state index in [-0.39, 0.29) is 0 Å². The minimum absolute atomic E-state index is 0.398. The Hall–Kier alpha value is -0.120. The number of piperazine rings is 1. The fourth-order valence-corrected chi connectivity index (χ4v) is 1.27. The molecule has 11 heavy (non-hydrogen) atoms. The number of hydrogen-bond acceptors (Lipinski definition) is 3. The lowest BCUT2D eigenvalue weighted by molar-refractivity contribution is 0.167. The monoisotopic (exact) mass is 157 g/mol. The molecule has 1 aliphatic heterocycles. The summed E-state index contributed by atoms with van der Waals surface area (Å²) >= 11 is 0. The number of aliphatic hydroxyl groups excluding tert-OH is 1. The van der Waals surface area contributed by atoms with E-state index >= 15 is 0 Å². The Morgan fingerprint density at radius 1 is 1.45 bits per heavy atom. The zero-order valence-electron chi connectivity index (χ0n) is 6.92. The Morgan fingerprint density at radius 2 is 2.09 bits per heavy atom. The second-order valence-corrected chi connectivity index (χ2v) is 3.03. The van der Waals surface area contributed by atoms with Crippen molar-refractivity contribution in [3.8, 4) is 0 Å². The molecule has 1 saturated heterocycles. The summed E-state index contributed by atoms with van der Waals surface area (Å²) in [7, 11) is 0. The van der Waals surface area contributed by atoms with Gasteiger partial charge < -0.3 is 15.3 Å². The predicted octanol–water partition coefficient (Wildman–Crippen LogP) is -0.523. The Morgan fingerprint density at radius 3 is 2.64 bits per heavy atom. The van der Waals surface area contributed by atoms with Crippen LogP contribution in [0.15, 0.2) is 0 Å². The van der Waals surface area contributed by atoms with Gasteiger partial charge in [-0.3, -0.25) is 0 Å². The highest BCUT2D eigenvalue weighted by Crippen LogP contribution is 1.96. The van der Waals surface area contributed by atoms with Gasteiger partial charge in [0, 0.05) is 32.7 Å².